The Labute approximate surface area is 86.9 Å². The molecule has 1 N–H and O–H groups in total. The van der Waals surface area contributed by atoms with E-state index >= 15 is 0 Å². The maximum absolute atomic E-state index is 8.66. The Morgan fingerprint density at radius 2 is 2.07 bits per heavy atom. The Balaban J connectivity index is 2.46. The third-order valence-corrected chi connectivity index (χ3v) is 2.10. The summed E-state index contributed by atoms with van der Waals surface area (Å²) in [6.45, 7) is 3.45. The SMILES string of the molecule is C=Nc1[nH]ncc1-c1ccc(C#N)cc1. The van der Waals surface area contributed by atoms with Gasteiger partial charge in [0, 0.05) is 5.56 Å². The van der Waals surface area contributed by atoms with E-state index in [9.17, 15) is 0 Å². The molecule has 0 unspecified atom stereocenters. The molecule has 1 aromatic heterocycles. The fourth-order valence-corrected chi connectivity index (χ4v) is 1.34. The molecule has 1 heterocycles. The topological polar surface area (TPSA) is 64.8 Å². The van der Waals surface area contributed by atoms with Crippen molar-refractivity contribution in [1.29, 1.82) is 5.26 Å². The van der Waals surface area contributed by atoms with Crippen LogP contribution >= 0.6 is 0 Å². The van der Waals surface area contributed by atoms with Gasteiger partial charge in [0.05, 0.1) is 17.8 Å². The Kier molecular flexibility index (Phi) is 2.30. The highest BCUT2D eigenvalue weighted by Gasteiger charge is 2.05. The molecule has 0 aliphatic carbocycles. The average molecular weight is 196 g/mol. The first-order valence-corrected chi connectivity index (χ1v) is 4.36. The molecule has 0 spiro atoms. The van der Waals surface area contributed by atoms with Gasteiger partial charge in [0.15, 0.2) is 5.82 Å². The molecule has 15 heavy (non-hydrogen) atoms. The van der Waals surface area contributed by atoms with Gasteiger partial charge in [0.1, 0.15) is 0 Å². The van der Waals surface area contributed by atoms with Gasteiger partial charge in [-0.3, -0.25) is 5.10 Å². The first kappa shape index (κ1) is 9.16. The lowest BCUT2D eigenvalue weighted by Crippen LogP contribution is -1.77. The number of aliphatic imine (C=N–C) groups is 1. The largest absolute Gasteiger partial charge is 0.261 e. The summed E-state index contributed by atoms with van der Waals surface area (Å²) in [5.41, 5.74) is 2.48. The smallest absolute Gasteiger partial charge is 0.155 e. The van der Waals surface area contributed by atoms with Crippen molar-refractivity contribution in [2.24, 2.45) is 4.99 Å². The highest BCUT2D eigenvalue weighted by Crippen LogP contribution is 2.27. The van der Waals surface area contributed by atoms with E-state index in [0.29, 0.717) is 11.4 Å². The van der Waals surface area contributed by atoms with Crippen molar-refractivity contribution < 1.29 is 0 Å². The fourth-order valence-electron chi connectivity index (χ4n) is 1.34. The van der Waals surface area contributed by atoms with Crippen LogP contribution in [0.2, 0.25) is 0 Å². The zero-order valence-corrected chi connectivity index (χ0v) is 7.94. The normalized spacial score (nSPS) is 9.53. The van der Waals surface area contributed by atoms with Crippen molar-refractivity contribution in [3.05, 3.63) is 36.0 Å². The van der Waals surface area contributed by atoms with E-state index in [1.807, 2.05) is 12.1 Å². The highest BCUT2D eigenvalue weighted by atomic mass is 15.2. The summed E-state index contributed by atoms with van der Waals surface area (Å²) in [6, 6.07) is 9.31. The van der Waals surface area contributed by atoms with Crippen LogP contribution in [0.1, 0.15) is 5.56 Å². The molecule has 4 heteroatoms. The number of nitrogens with zero attached hydrogens (tertiary/aromatic N) is 3. The number of aromatic amines is 1. The number of H-pyrrole nitrogens is 1. The van der Waals surface area contributed by atoms with Crippen molar-refractivity contribution in [3.63, 3.8) is 0 Å². The van der Waals surface area contributed by atoms with E-state index in [1.165, 1.54) is 0 Å². The van der Waals surface area contributed by atoms with Crippen molar-refractivity contribution >= 4 is 12.5 Å². The van der Waals surface area contributed by atoms with Crippen LogP contribution in [0.5, 0.6) is 0 Å². The highest BCUT2D eigenvalue weighted by molar-refractivity contribution is 5.74. The Morgan fingerprint density at radius 3 is 2.67 bits per heavy atom. The zero-order valence-electron chi connectivity index (χ0n) is 7.94. The molecule has 0 aliphatic rings. The average Bonchev–Trinajstić information content (AvgIpc) is 2.77. The van der Waals surface area contributed by atoms with Crippen molar-refractivity contribution in [3.8, 4) is 17.2 Å². The third kappa shape index (κ3) is 1.63. The van der Waals surface area contributed by atoms with Crippen molar-refractivity contribution in [2.45, 2.75) is 0 Å². The van der Waals surface area contributed by atoms with Gasteiger partial charge in [-0.1, -0.05) is 12.1 Å². The van der Waals surface area contributed by atoms with Gasteiger partial charge in [0.25, 0.3) is 0 Å². The van der Waals surface area contributed by atoms with E-state index in [1.54, 1.807) is 18.3 Å². The first-order valence-electron chi connectivity index (χ1n) is 4.36. The van der Waals surface area contributed by atoms with Gasteiger partial charge in [-0.2, -0.15) is 10.4 Å². The molecule has 0 bridgehead atoms. The molecule has 0 saturated heterocycles. The van der Waals surface area contributed by atoms with E-state index in [-0.39, 0.29) is 0 Å². The molecule has 2 rings (SSSR count). The molecule has 0 fully saturated rings. The van der Waals surface area contributed by atoms with Gasteiger partial charge in [-0.15, -0.1) is 0 Å². The number of hydrogen-bond donors (Lipinski definition) is 1. The van der Waals surface area contributed by atoms with Crippen LogP contribution in [-0.2, 0) is 0 Å². The number of nitrogens with one attached hydrogen (secondary N) is 1. The van der Waals surface area contributed by atoms with Crippen LogP contribution in [-0.4, -0.2) is 16.9 Å². The summed E-state index contributed by atoms with van der Waals surface area (Å²) in [5, 5.41) is 15.3. The van der Waals surface area contributed by atoms with E-state index in [4.69, 9.17) is 5.26 Å². The quantitative estimate of drug-likeness (QED) is 0.749. The monoisotopic (exact) mass is 196 g/mol. The van der Waals surface area contributed by atoms with Crippen LogP contribution in [0.15, 0.2) is 35.5 Å². The number of rotatable bonds is 2. The predicted molar refractivity (Wildman–Crippen MR) is 57.9 cm³/mol. The molecule has 2 aromatic rings. The minimum Gasteiger partial charge on any atom is -0.261 e. The molecule has 0 saturated carbocycles. The number of hydrogen-bond acceptors (Lipinski definition) is 3. The summed E-state index contributed by atoms with van der Waals surface area (Å²) >= 11 is 0. The lowest BCUT2D eigenvalue weighted by atomic mass is 10.1. The second-order valence-corrected chi connectivity index (χ2v) is 2.98. The van der Waals surface area contributed by atoms with Crippen molar-refractivity contribution in [1.82, 2.24) is 10.2 Å². The zero-order chi connectivity index (χ0) is 10.7. The lowest BCUT2D eigenvalue weighted by molar-refractivity contribution is 1.08. The number of benzene rings is 1. The van der Waals surface area contributed by atoms with Crippen LogP contribution in [0, 0.1) is 11.3 Å². The third-order valence-electron chi connectivity index (χ3n) is 2.10. The van der Waals surface area contributed by atoms with Crippen LogP contribution in [0.25, 0.3) is 11.1 Å². The van der Waals surface area contributed by atoms with Gasteiger partial charge in [-0.05, 0) is 24.4 Å². The summed E-state index contributed by atoms with van der Waals surface area (Å²) in [7, 11) is 0. The first-order chi connectivity index (χ1) is 7.35. The van der Waals surface area contributed by atoms with Crippen LogP contribution in [0.4, 0.5) is 5.82 Å². The second-order valence-electron chi connectivity index (χ2n) is 2.98. The van der Waals surface area contributed by atoms with Gasteiger partial charge < -0.3 is 0 Å². The Bertz CT molecular complexity index is 516. The lowest BCUT2D eigenvalue weighted by Gasteiger charge is -1.98. The molecule has 0 amide bonds. The van der Waals surface area contributed by atoms with E-state index in [2.05, 4.69) is 28.0 Å². The van der Waals surface area contributed by atoms with Crippen LogP contribution < -0.4 is 0 Å². The van der Waals surface area contributed by atoms with Gasteiger partial charge in [0.2, 0.25) is 0 Å². The number of aromatic nitrogens is 2. The summed E-state index contributed by atoms with van der Waals surface area (Å²) < 4.78 is 0. The van der Waals surface area contributed by atoms with Gasteiger partial charge in [-0.25, -0.2) is 4.99 Å². The number of nitriles is 1. The summed E-state index contributed by atoms with van der Waals surface area (Å²) in [5.74, 6) is 0.639. The molecule has 0 radical (unpaired) electrons. The van der Waals surface area contributed by atoms with Crippen LogP contribution in [0.3, 0.4) is 0 Å². The Hall–Kier alpha value is -2.41. The minimum absolute atomic E-state index is 0.635. The molecule has 4 nitrogen and oxygen atoms in total. The molecule has 0 aliphatic heterocycles. The van der Waals surface area contributed by atoms with E-state index < -0.39 is 0 Å². The molecule has 1 aromatic carbocycles. The predicted octanol–water partition coefficient (Wildman–Crippen LogP) is 2.28. The second kappa shape index (κ2) is 3.76. The molecule has 72 valence electrons. The van der Waals surface area contributed by atoms with Crippen molar-refractivity contribution in [2.75, 3.05) is 0 Å². The maximum Gasteiger partial charge on any atom is 0.155 e. The minimum atomic E-state index is 0.635. The standard InChI is InChI=1S/C11H8N4/c1-13-11-10(7-14-15-11)9-4-2-8(6-12)3-5-9/h2-5,7H,1H2,(H,14,15). The summed E-state index contributed by atoms with van der Waals surface area (Å²) in [6.07, 6.45) is 1.69. The fraction of sp³-hybridized carbons (Fsp3) is 0. The molecular weight excluding hydrogens is 188 g/mol. The van der Waals surface area contributed by atoms with E-state index in [0.717, 1.165) is 11.1 Å². The molecule has 0 atom stereocenters. The Morgan fingerprint density at radius 1 is 1.33 bits per heavy atom. The summed E-state index contributed by atoms with van der Waals surface area (Å²) in [4.78, 5) is 3.82. The van der Waals surface area contributed by atoms with Gasteiger partial charge >= 0.3 is 0 Å². The maximum atomic E-state index is 8.66. The molecular formula is C11H8N4.